The minimum Gasteiger partial charge on any atom is -0.404 e. The van der Waals surface area contributed by atoms with Crippen LogP contribution in [-0.4, -0.2) is 30.0 Å². The van der Waals surface area contributed by atoms with Crippen LogP contribution in [0.2, 0.25) is 5.02 Å². The van der Waals surface area contributed by atoms with Crippen LogP contribution in [0.25, 0.3) is 16.8 Å². The van der Waals surface area contributed by atoms with E-state index in [9.17, 15) is 22.4 Å². The largest absolute Gasteiger partial charge is 0.434 e. The Morgan fingerprint density at radius 3 is 2.55 bits per heavy atom. The summed E-state index contributed by atoms with van der Waals surface area (Å²) in [4.78, 5) is 16.2. The van der Waals surface area contributed by atoms with E-state index in [1.165, 1.54) is 25.2 Å². The molecule has 0 saturated heterocycles. The minimum atomic E-state index is -5.03. The molecular weight excluding hydrogens is 464 g/mol. The van der Waals surface area contributed by atoms with Crippen LogP contribution in [0, 0.1) is 12.7 Å². The first-order valence-corrected chi connectivity index (χ1v) is 9.77. The normalized spacial score (nSPS) is 12.7. The van der Waals surface area contributed by atoms with Crippen molar-refractivity contribution in [1.29, 1.82) is 0 Å². The summed E-state index contributed by atoms with van der Waals surface area (Å²) in [5.41, 5.74) is 3.72. The molecule has 172 valence electrons. The Morgan fingerprint density at radius 1 is 1.24 bits per heavy atom. The van der Waals surface area contributed by atoms with E-state index in [0.717, 1.165) is 17.7 Å². The smallest absolute Gasteiger partial charge is 0.404 e. The number of carbonyl (C=O) groups is 1. The fraction of sp³-hybridized carbons (Fsp3) is 0.136. The van der Waals surface area contributed by atoms with Gasteiger partial charge < -0.3 is 15.6 Å². The zero-order valence-corrected chi connectivity index (χ0v) is 18.1. The number of allylic oxidation sites excluding steroid dienone is 1. The van der Waals surface area contributed by atoms with Gasteiger partial charge in [0, 0.05) is 23.8 Å². The lowest BCUT2D eigenvalue weighted by Crippen LogP contribution is -2.26. The zero-order chi connectivity index (χ0) is 24.3. The number of aryl methyl sites for hydroxylation is 1. The van der Waals surface area contributed by atoms with Crippen LogP contribution >= 0.6 is 11.6 Å². The van der Waals surface area contributed by atoms with Gasteiger partial charge in [-0.1, -0.05) is 35.0 Å². The maximum absolute atomic E-state index is 14.0. The number of nitrogens with zero attached hydrogens (tertiary/aromatic N) is 2. The minimum absolute atomic E-state index is 0.0436. The van der Waals surface area contributed by atoms with Gasteiger partial charge >= 0.3 is 6.18 Å². The topological polar surface area (TPSA) is 93.5 Å². The number of nitrogens with two attached hydrogens (primary N) is 1. The fourth-order valence-corrected chi connectivity index (χ4v) is 3.14. The number of aliphatic imine (C=N–C) groups is 1. The number of aromatic nitrogens is 1. The number of alkyl halides is 3. The second kappa shape index (κ2) is 9.45. The van der Waals surface area contributed by atoms with Gasteiger partial charge in [-0.2, -0.15) is 13.2 Å². The van der Waals surface area contributed by atoms with Crippen molar-refractivity contribution in [3.05, 3.63) is 76.4 Å². The van der Waals surface area contributed by atoms with Crippen LogP contribution in [0.5, 0.6) is 0 Å². The summed E-state index contributed by atoms with van der Waals surface area (Å²) < 4.78 is 60.6. The molecular formula is C22H17ClF4N4O2. The molecule has 0 radical (unpaired) electrons. The first-order valence-electron chi connectivity index (χ1n) is 9.39. The lowest BCUT2D eigenvalue weighted by Gasteiger charge is -2.13. The average Bonchev–Trinajstić information content (AvgIpc) is 3.19. The van der Waals surface area contributed by atoms with Gasteiger partial charge in [-0.3, -0.25) is 4.79 Å². The van der Waals surface area contributed by atoms with Gasteiger partial charge in [0.05, 0.1) is 11.3 Å². The fourth-order valence-electron chi connectivity index (χ4n) is 2.96. The van der Waals surface area contributed by atoms with E-state index in [-0.39, 0.29) is 16.9 Å². The van der Waals surface area contributed by atoms with Crippen LogP contribution in [0.3, 0.4) is 0 Å². The summed E-state index contributed by atoms with van der Waals surface area (Å²) in [6, 6.07) is 9.02. The standard InChI is InChI=1S/C22H17ClF4N4O2/c1-11-6-7-12(8-16(11)23)18-17(21(32)29-2)19(33-31-18)15(10-28)20(22(25,26)27)30-14-5-3-4-13(24)9-14/h3-10H,28H2,1-2H3,(H,29,32). The molecule has 3 aromatic rings. The van der Waals surface area contributed by atoms with E-state index in [0.29, 0.717) is 16.8 Å². The van der Waals surface area contributed by atoms with Crippen molar-refractivity contribution in [3.63, 3.8) is 0 Å². The number of halogens is 5. The summed E-state index contributed by atoms with van der Waals surface area (Å²) in [7, 11) is 1.29. The lowest BCUT2D eigenvalue weighted by atomic mass is 9.98. The summed E-state index contributed by atoms with van der Waals surface area (Å²) in [5, 5.41) is 6.51. The van der Waals surface area contributed by atoms with Gasteiger partial charge in [0.15, 0.2) is 11.5 Å². The van der Waals surface area contributed by atoms with Crippen molar-refractivity contribution in [2.24, 2.45) is 10.7 Å². The van der Waals surface area contributed by atoms with Gasteiger partial charge in [-0.25, -0.2) is 9.38 Å². The number of rotatable bonds is 5. The molecule has 11 heteroatoms. The van der Waals surface area contributed by atoms with Crippen molar-refractivity contribution in [3.8, 4) is 11.3 Å². The molecule has 3 rings (SSSR count). The molecule has 0 atom stereocenters. The van der Waals surface area contributed by atoms with E-state index in [4.69, 9.17) is 21.9 Å². The van der Waals surface area contributed by atoms with E-state index in [1.54, 1.807) is 19.1 Å². The molecule has 0 aliphatic carbocycles. The predicted octanol–water partition coefficient (Wildman–Crippen LogP) is 5.44. The van der Waals surface area contributed by atoms with Gasteiger partial charge in [0.1, 0.15) is 17.1 Å². The van der Waals surface area contributed by atoms with Crippen molar-refractivity contribution in [2.75, 3.05) is 7.05 Å². The SMILES string of the molecule is CNC(=O)c1c(-c2ccc(C)c(Cl)c2)noc1C(=CN)C(=Nc1cccc(F)c1)C(F)(F)F. The van der Waals surface area contributed by atoms with E-state index in [1.807, 2.05) is 0 Å². The van der Waals surface area contributed by atoms with Gasteiger partial charge in [0.2, 0.25) is 0 Å². The Balaban J connectivity index is 2.24. The van der Waals surface area contributed by atoms with Crippen LogP contribution < -0.4 is 11.1 Å². The maximum atomic E-state index is 14.0. The molecule has 0 unspecified atom stereocenters. The number of benzene rings is 2. The number of amides is 1. The summed E-state index contributed by atoms with van der Waals surface area (Å²) in [6.07, 6.45) is -4.43. The third-order valence-electron chi connectivity index (χ3n) is 4.58. The highest BCUT2D eigenvalue weighted by Crippen LogP contribution is 2.36. The Kier molecular flexibility index (Phi) is 6.87. The summed E-state index contributed by atoms with van der Waals surface area (Å²) in [6.45, 7) is 1.76. The monoisotopic (exact) mass is 480 g/mol. The molecule has 0 fully saturated rings. The lowest BCUT2D eigenvalue weighted by molar-refractivity contribution is -0.0571. The van der Waals surface area contributed by atoms with Crippen molar-refractivity contribution < 1.29 is 26.9 Å². The van der Waals surface area contributed by atoms with Crippen molar-refractivity contribution in [1.82, 2.24) is 10.5 Å². The van der Waals surface area contributed by atoms with Crippen LogP contribution in [0.15, 0.2) is 58.2 Å². The Labute approximate surface area is 190 Å². The highest BCUT2D eigenvalue weighted by atomic mass is 35.5. The molecule has 3 N–H and O–H groups in total. The third-order valence-corrected chi connectivity index (χ3v) is 4.98. The molecule has 1 heterocycles. The second-order valence-electron chi connectivity index (χ2n) is 6.80. The molecule has 0 aliphatic rings. The molecule has 0 aliphatic heterocycles. The molecule has 1 amide bonds. The van der Waals surface area contributed by atoms with Crippen LogP contribution in [0.1, 0.15) is 21.7 Å². The van der Waals surface area contributed by atoms with Crippen molar-refractivity contribution in [2.45, 2.75) is 13.1 Å². The first kappa shape index (κ1) is 24.0. The zero-order valence-electron chi connectivity index (χ0n) is 17.3. The van der Waals surface area contributed by atoms with Gasteiger partial charge in [-0.05, 0) is 36.8 Å². The Hall–Kier alpha value is -3.66. The number of carbonyl (C=O) groups excluding carboxylic acids is 1. The third kappa shape index (κ3) is 5.06. The van der Waals surface area contributed by atoms with Gasteiger partial charge in [-0.15, -0.1) is 0 Å². The van der Waals surface area contributed by atoms with Crippen molar-refractivity contribution >= 4 is 34.5 Å². The maximum Gasteiger partial charge on any atom is 0.434 e. The highest BCUT2D eigenvalue weighted by molar-refractivity contribution is 6.31. The molecule has 33 heavy (non-hydrogen) atoms. The summed E-state index contributed by atoms with van der Waals surface area (Å²) >= 11 is 6.15. The Bertz CT molecular complexity index is 1270. The molecule has 2 aromatic carbocycles. The highest BCUT2D eigenvalue weighted by Gasteiger charge is 2.42. The summed E-state index contributed by atoms with van der Waals surface area (Å²) in [5.74, 6) is -2.11. The van der Waals surface area contributed by atoms with Crippen LogP contribution in [-0.2, 0) is 0 Å². The predicted molar refractivity (Wildman–Crippen MR) is 117 cm³/mol. The number of hydrogen-bond donors (Lipinski definition) is 2. The van der Waals surface area contributed by atoms with E-state index >= 15 is 0 Å². The average molecular weight is 481 g/mol. The van der Waals surface area contributed by atoms with E-state index in [2.05, 4.69) is 15.5 Å². The molecule has 0 spiro atoms. The van der Waals surface area contributed by atoms with Crippen LogP contribution in [0.4, 0.5) is 23.2 Å². The molecule has 6 nitrogen and oxygen atoms in total. The quantitative estimate of drug-likeness (QED) is 0.376. The van der Waals surface area contributed by atoms with E-state index < -0.39 is 34.9 Å². The first-order chi connectivity index (χ1) is 15.6. The second-order valence-corrected chi connectivity index (χ2v) is 7.20. The molecule has 0 bridgehead atoms. The molecule has 1 aromatic heterocycles. The van der Waals surface area contributed by atoms with Gasteiger partial charge in [0.25, 0.3) is 5.91 Å². The number of hydrogen-bond acceptors (Lipinski definition) is 5. The Morgan fingerprint density at radius 2 is 1.97 bits per heavy atom. The molecule has 0 saturated carbocycles. The number of nitrogens with one attached hydrogen (secondary N) is 1.